The SMILES string of the molecule is CCCCCOC1CCC(C(=O)Oc2ccc(/C=C/C(=O)OCCc3cc(N)cc(N)c3)cc2)CC1. The van der Waals surface area contributed by atoms with E-state index in [1.807, 2.05) is 12.1 Å². The predicted molar refractivity (Wildman–Crippen MR) is 142 cm³/mol. The molecule has 3 rings (SSSR count). The van der Waals surface area contributed by atoms with Crippen molar-refractivity contribution in [3.05, 3.63) is 59.7 Å². The summed E-state index contributed by atoms with van der Waals surface area (Å²) in [4.78, 5) is 24.6. The van der Waals surface area contributed by atoms with Crippen molar-refractivity contribution in [3.8, 4) is 5.75 Å². The third-order valence-corrected chi connectivity index (χ3v) is 6.29. The van der Waals surface area contributed by atoms with Gasteiger partial charge in [-0.25, -0.2) is 4.79 Å². The molecule has 1 aliphatic carbocycles. The molecule has 7 heteroatoms. The van der Waals surface area contributed by atoms with Crippen molar-refractivity contribution >= 4 is 29.4 Å². The van der Waals surface area contributed by atoms with Gasteiger partial charge in [-0.3, -0.25) is 4.79 Å². The first-order valence-electron chi connectivity index (χ1n) is 12.9. The van der Waals surface area contributed by atoms with E-state index in [9.17, 15) is 9.59 Å². The molecule has 2 aromatic carbocycles. The number of nitrogen functional groups attached to an aromatic ring is 2. The van der Waals surface area contributed by atoms with Gasteiger partial charge in [-0.1, -0.05) is 31.9 Å². The minimum Gasteiger partial charge on any atom is -0.462 e. The molecule has 0 saturated heterocycles. The Bertz CT molecular complexity index is 991. The Morgan fingerprint density at radius 2 is 1.64 bits per heavy atom. The van der Waals surface area contributed by atoms with Gasteiger partial charge in [-0.2, -0.15) is 0 Å². The van der Waals surface area contributed by atoms with Gasteiger partial charge < -0.3 is 25.7 Å². The van der Waals surface area contributed by atoms with E-state index < -0.39 is 5.97 Å². The topological polar surface area (TPSA) is 114 Å². The Hall–Kier alpha value is -3.32. The molecule has 0 amide bonds. The van der Waals surface area contributed by atoms with Crippen LogP contribution in [-0.2, 0) is 25.5 Å². The van der Waals surface area contributed by atoms with Crippen LogP contribution in [-0.4, -0.2) is 31.3 Å². The molecular weight excluding hydrogens is 456 g/mol. The quantitative estimate of drug-likeness (QED) is 0.135. The van der Waals surface area contributed by atoms with Crippen LogP contribution in [0.15, 0.2) is 48.5 Å². The van der Waals surface area contributed by atoms with Crippen molar-refractivity contribution in [1.82, 2.24) is 0 Å². The fraction of sp³-hybridized carbons (Fsp3) is 0.448. The Kier molecular flexibility index (Phi) is 10.8. The van der Waals surface area contributed by atoms with Crippen LogP contribution in [0.3, 0.4) is 0 Å². The highest BCUT2D eigenvalue weighted by Crippen LogP contribution is 2.28. The molecule has 194 valence electrons. The number of esters is 2. The van der Waals surface area contributed by atoms with Crippen LogP contribution in [0.1, 0.15) is 63.0 Å². The van der Waals surface area contributed by atoms with E-state index in [2.05, 4.69) is 6.92 Å². The number of anilines is 2. The summed E-state index contributed by atoms with van der Waals surface area (Å²) in [6.45, 7) is 3.22. The van der Waals surface area contributed by atoms with Gasteiger partial charge >= 0.3 is 11.9 Å². The third kappa shape index (κ3) is 9.38. The molecule has 0 radical (unpaired) electrons. The van der Waals surface area contributed by atoms with E-state index in [0.717, 1.165) is 49.8 Å². The second-order valence-electron chi connectivity index (χ2n) is 9.30. The summed E-state index contributed by atoms with van der Waals surface area (Å²) < 4.78 is 16.8. The maximum atomic E-state index is 12.6. The molecule has 4 N–H and O–H groups in total. The molecule has 1 fully saturated rings. The van der Waals surface area contributed by atoms with E-state index >= 15 is 0 Å². The summed E-state index contributed by atoms with van der Waals surface area (Å²) in [6, 6.07) is 12.4. The summed E-state index contributed by atoms with van der Waals surface area (Å²) in [7, 11) is 0. The number of unbranched alkanes of at least 4 members (excludes halogenated alkanes) is 2. The zero-order valence-corrected chi connectivity index (χ0v) is 21.1. The average Bonchev–Trinajstić information content (AvgIpc) is 2.86. The van der Waals surface area contributed by atoms with Gasteiger partial charge in [-0.15, -0.1) is 0 Å². The Labute approximate surface area is 213 Å². The molecule has 0 aliphatic heterocycles. The predicted octanol–water partition coefficient (Wildman–Crippen LogP) is 5.32. The van der Waals surface area contributed by atoms with Crippen molar-refractivity contribution < 1.29 is 23.8 Å². The van der Waals surface area contributed by atoms with Crippen molar-refractivity contribution in [3.63, 3.8) is 0 Å². The minimum atomic E-state index is -0.438. The first-order chi connectivity index (χ1) is 17.4. The largest absolute Gasteiger partial charge is 0.462 e. The summed E-state index contributed by atoms with van der Waals surface area (Å²) in [5.41, 5.74) is 14.4. The first-order valence-corrected chi connectivity index (χ1v) is 12.9. The lowest BCUT2D eigenvalue weighted by molar-refractivity contribution is -0.141. The van der Waals surface area contributed by atoms with Gasteiger partial charge in [0.2, 0.25) is 0 Å². The summed E-state index contributed by atoms with van der Waals surface area (Å²) in [5.74, 6) is -0.210. The molecule has 2 aromatic rings. The van der Waals surface area contributed by atoms with Crippen molar-refractivity contribution in [1.29, 1.82) is 0 Å². The normalized spacial score (nSPS) is 17.7. The highest BCUT2D eigenvalue weighted by Gasteiger charge is 2.28. The Morgan fingerprint density at radius 1 is 0.944 bits per heavy atom. The molecule has 0 unspecified atom stereocenters. The smallest absolute Gasteiger partial charge is 0.330 e. The third-order valence-electron chi connectivity index (χ3n) is 6.29. The van der Waals surface area contributed by atoms with Crippen molar-refractivity contribution in [2.75, 3.05) is 24.7 Å². The molecule has 0 aromatic heterocycles. The van der Waals surface area contributed by atoms with Gasteiger partial charge in [0.05, 0.1) is 18.6 Å². The van der Waals surface area contributed by atoms with Gasteiger partial charge in [0, 0.05) is 30.5 Å². The molecule has 0 heterocycles. The summed E-state index contributed by atoms with van der Waals surface area (Å²) in [6.07, 6.45) is 10.7. The molecule has 0 atom stereocenters. The maximum absolute atomic E-state index is 12.6. The van der Waals surface area contributed by atoms with Crippen LogP contribution >= 0.6 is 0 Å². The molecule has 1 aliphatic rings. The lowest BCUT2D eigenvalue weighted by Crippen LogP contribution is -2.29. The zero-order chi connectivity index (χ0) is 25.8. The number of hydrogen-bond acceptors (Lipinski definition) is 7. The number of carbonyl (C=O) groups excluding carboxylic acids is 2. The lowest BCUT2D eigenvalue weighted by Gasteiger charge is -2.27. The second-order valence-corrected chi connectivity index (χ2v) is 9.30. The number of ether oxygens (including phenoxy) is 3. The van der Waals surface area contributed by atoms with Gasteiger partial charge in [0.1, 0.15) is 5.75 Å². The van der Waals surface area contributed by atoms with Gasteiger partial charge in [0.25, 0.3) is 0 Å². The molecule has 36 heavy (non-hydrogen) atoms. The number of nitrogens with two attached hydrogens (primary N) is 2. The molecule has 0 spiro atoms. The van der Waals surface area contributed by atoms with Crippen LogP contribution in [0, 0.1) is 5.92 Å². The monoisotopic (exact) mass is 494 g/mol. The average molecular weight is 495 g/mol. The standard InChI is InChI=1S/C29H38N2O5/c1-2-3-4-16-34-26-12-8-23(9-13-26)29(33)36-27-10-5-21(6-11-27)7-14-28(32)35-17-15-22-18-24(30)20-25(31)19-22/h5-7,10-11,14,18-20,23,26H,2-4,8-9,12-13,15-17,30-31H2,1H3/b14-7+. The lowest BCUT2D eigenvalue weighted by atomic mass is 9.87. The van der Waals surface area contributed by atoms with E-state index in [-0.39, 0.29) is 24.6 Å². The van der Waals surface area contributed by atoms with E-state index in [1.165, 1.54) is 18.9 Å². The number of rotatable bonds is 12. The van der Waals surface area contributed by atoms with Crippen LogP contribution in [0.5, 0.6) is 5.75 Å². The van der Waals surface area contributed by atoms with Crippen LogP contribution in [0.4, 0.5) is 11.4 Å². The van der Waals surface area contributed by atoms with E-state index in [1.54, 1.807) is 36.4 Å². The van der Waals surface area contributed by atoms with Gasteiger partial charge in [0.15, 0.2) is 0 Å². The summed E-state index contributed by atoms with van der Waals surface area (Å²) >= 11 is 0. The van der Waals surface area contributed by atoms with Crippen molar-refractivity contribution in [2.45, 2.75) is 64.4 Å². The molecule has 0 bridgehead atoms. The van der Waals surface area contributed by atoms with Gasteiger partial charge in [-0.05, 0) is 79.6 Å². The molecular formula is C29H38N2O5. The Balaban J connectivity index is 1.36. The van der Waals surface area contributed by atoms with Crippen LogP contribution in [0.25, 0.3) is 6.08 Å². The molecule has 7 nitrogen and oxygen atoms in total. The van der Waals surface area contributed by atoms with Crippen LogP contribution < -0.4 is 16.2 Å². The fourth-order valence-electron chi connectivity index (χ4n) is 4.29. The number of benzene rings is 2. The number of carbonyl (C=O) groups is 2. The molecule has 1 saturated carbocycles. The number of hydrogen-bond donors (Lipinski definition) is 2. The van der Waals surface area contributed by atoms with E-state index in [0.29, 0.717) is 23.5 Å². The Morgan fingerprint density at radius 3 is 2.31 bits per heavy atom. The minimum absolute atomic E-state index is 0.0846. The fourth-order valence-corrected chi connectivity index (χ4v) is 4.29. The highest BCUT2D eigenvalue weighted by molar-refractivity contribution is 5.87. The first kappa shape index (κ1) is 27.3. The highest BCUT2D eigenvalue weighted by atomic mass is 16.5. The van der Waals surface area contributed by atoms with Crippen molar-refractivity contribution in [2.24, 2.45) is 5.92 Å². The maximum Gasteiger partial charge on any atom is 0.330 e. The zero-order valence-electron chi connectivity index (χ0n) is 21.1. The van der Waals surface area contributed by atoms with E-state index in [4.69, 9.17) is 25.7 Å². The van der Waals surface area contributed by atoms with Crippen LogP contribution in [0.2, 0.25) is 0 Å². The summed E-state index contributed by atoms with van der Waals surface area (Å²) in [5, 5.41) is 0. The second kappa shape index (κ2) is 14.3.